The van der Waals surface area contributed by atoms with Crippen LogP contribution in [0, 0.1) is 11.3 Å². The van der Waals surface area contributed by atoms with Crippen molar-refractivity contribution in [2.24, 2.45) is 0 Å². The van der Waals surface area contributed by atoms with Crippen LogP contribution in [0.5, 0.6) is 5.75 Å². The van der Waals surface area contributed by atoms with Crippen molar-refractivity contribution in [3.63, 3.8) is 0 Å². The number of pyridine rings is 1. The summed E-state index contributed by atoms with van der Waals surface area (Å²) >= 11 is 1.25. The highest BCUT2D eigenvalue weighted by Crippen LogP contribution is 2.36. The number of hydrogen-bond acceptors (Lipinski definition) is 9. The molecule has 0 aliphatic heterocycles. The Hall–Kier alpha value is -5.49. The van der Waals surface area contributed by atoms with Crippen molar-refractivity contribution in [3.8, 4) is 34.2 Å². The average molecular weight is 603 g/mol. The van der Waals surface area contributed by atoms with Gasteiger partial charge in [-0.1, -0.05) is 36.4 Å². The number of carbonyl (C=O) groups is 3. The molecule has 0 saturated carbocycles. The third kappa shape index (κ3) is 8.05. The van der Waals surface area contributed by atoms with Gasteiger partial charge in [0.05, 0.1) is 10.6 Å². The maximum Gasteiger partial charge on any atom is 0.407 e. The first-order chi connectivity index (χ1) is 20.8. The number of carboxylic acid groups (broad SMARTS) is 2. The lowest BCUT2D eigenvalue weighted by Gasteiger charge is -2.19. The number of nitriles is 1. The van der Waals surface area contributed by atoms with Gasteiger partial charge in [0.15, 0.2) is 18.9 Å². The largest absolute Gasteiger partial charge is 0.467 e. The van der Waals surface area contributed by atoms with Crippen LogP contribution in [0.1, 0.15) is 20.8 Å². The van der Waals surface area contributed by atoms with Crippen LogP contribution in [-0.4, -0.2) is 53.5 Å². The second-order valence-corrected chi connectivity index (χ2v) is 9.73. The van der Waals surface area contributed by atoms with Crippen molar-refractivity contribution in [3.05, 3.63) is 88.1 Å². The van der Waals surface area contributed by atoms with E-state index in [4.69, 9.17) is 19.7 Å². The summed E-state index contributed by atoms with van der Waals surface area (Å²) in [5.41, 5.74) is 2.83. The minimum absolute atomic E-state index is 0.00830. The van der Waals surface area contributed by atoms with Gasteiger partial charge < -0.3 is 25.0 Å². The number of hydrogen-bond donors (Lipinski definition) is 6. The third-order valence-corrected chi connectivity index (χ3v) is 6.76. The van der Waals surface area contributed by atoms with E-state index < -0.39 is 24.4 Å². The van der Waals surface area contributed by atoms with Gasteiger partial charge in [-0.05, 0) is 46.8 Å². The Morgan fingerprint density at radius 3 is 2.44 bits per heavy atom. The number of aromatic nitrogens is 1. The summed E-state index contributed by atoms with van der Waals surface area (Å²) in [6.45, 7) is 0.0557. The molecule has 13 nitrogen and oxygen atoms in total. The maximum atomic E-state index is 13.0. The molecule has 4 rings (SSSR count). The van der Waals surface area contributed by atoms with Crippen LogP contribution in [0.25, 0.3) is 22.4 Å². The summed E-state index contributed by atoms with van der Waals surface area (Å²) in [5.74, 6) is 0.102. The predicted molar refractivity (Wildman–Crippen MR) is 158 cm³/mol. The number of ether oxygens (including phenoxy) is 2. The second-order valence-electron chi connectivity index (χ2n) is 8.78. The Kier molecular flexibility index (Phi) is 10.2. The molecule has 0 spiro atoms. The first-order valence-corrected chi connectivity index (χ1v) is 13.5. The van der Waals surface area contributed by atoms with Crippen LogP contribution in [0.15, 0.2) is 72.1 Å². The molecule has 0 atom stereocenters. The highest BCUT2D eigenvalue weighted by atomic mass is 32.1. The zero-order valence-corrected chi connectivity index (χ0v) is 23.5. The zero-order valence-electron chi connectivity index (χ0n) is 22.7. The fourth-order valence-corrected chi connectivity index (χ4v) is 4.69. The molecule has 0 saturated heterocycles. The van der Waals surface area contributed by atoms with E-state index in [0.717, 1.165) is 0 Å². The molecule has 4 aromatic rings. The molecule has 0 aliphatic rings. The van der Waals surface area contributed by atoms with E-state index in [1.807, 2.05) is 10.6 Å². The molecule has 220 valence electrons. The summed E-state index contributed by atoms with van der Waals surface area (Å²) in [7, 11) is 1.50. The highest BCUT2D eigenvalue weighted by molar-refractivity contribution is 7.12. The SMILES string of the molecule is COCOc1ccccc1-c1cc(-c2cccc(CNC(NC(=O)O)NC(=O)O)c2)c(C#N)c(NC(=O)c2cccs2)n1. The van der Waals surface area contributed by atoms with E-state index in [9.17, 15) is 19.6 Å². The minimum Gasteiger partial charge on any atom is -0.467 e. The van der Waals surface area contributed by atoms with Crippen LogP contribution in [0.4, 0.5) is 15.4 Å². The van der Waals surface area contributed by atoms with Crippen molar-refractivity contribution in [2.75, 3.05) is 19.2 Å². The van der Waals surface area contributed by atoms with Crippen LogP contribution in [0.2, 0.25) is 0 Å². The van der Waals surface area contributed by atoms with Gasteiger partial charge in [-0.2, -0.15) is 5.26 Å². The second kappa shape index (κ2) is 14.4. The number of rotatable bonds is 12. The van der Waals surface area contributed by atoms with Gasteiger partial charge in [-0.15, -0.1) is 11.3 Å². The standard InChI is InChI=1S/C29H26N6O7S/c1-41-16-42-23-9-3-2-8-19(23)22-13-20(21(14-30)25(32-22)33-26(36)24-10-5-11-43-24)18-7-4-6-17(12-18)15-31-27(34-28(37)38)35-29(39)40/h2-13,27,31,34-35H,15-16H2,1H3,(H,37,38)(H,39,40)(H,32,33,36). The van der Waals surface area contributed by atoms with Crippen molar-refractivity contribution >= 4 is 35.2 Å². The number of nitrogens with one attached hydrogen (secondary N) is 4. The highest BCUT2D eigenvalue weighted by Gasteiger charge is 2.20. The average Bonchev–Trinajstić information content (AvgIpc) is 3.54. The Morgan fingerprint density at radius 1 is 1.00 bits per heavy atom. The van der Waals surface area contributed by atoms with E-state index in [1.165, 1.54) is 18.4 Å². The van der Waals surface area contributed by atoms with Crippen LogP contribution in [-0.2, 0) is 11.3 Å². The normalized spacial score (nSPS) is 10.5. The fraction of sp³-hybridized carbons (Fsp3) is 0.138. The molecule has 43 heavy (non-hydrogen) atoms. The first kappa shape index (κ1) is 30.5. The monoisotopic (exact) mass is 602 g/mol. The van der Waals surface area contributed by atoms with Crippen molar-refractivity contribution in [2.45, 2.75) is 12.8 Å². The fourth-order valence-electron chi connectivity index (χ4n) is 4.07. The summed E-state index contributed by atoms with van der Waals surface area (Å²) in [5, 5.41) is 39.6. The number of anilines is 1. The zero-order chi connectivity index (χ0) is 30.8. The molecule has 0 unspecified atom stereocenters. The number of benzene rings is 2. The van der Waals surface area contributed by atoms with Gasteiger partial charge >= 0.3 is 12.2 Å². The van der Waals surface area contributed by atoms with E-state index in [0.29, 0.717) is 38.6 Å². The number of carbonyl (C=O) groups excluding carboxylic acids is 1. The Bertz CT molecular complexity index is 1640. The van der Waals surface area contributed by atoms with Crippen LogP contribution < -0.4 is 26.0 Å². The van der Waals surface area contributed by atoms with Crippen LogP contribution in [0.3, 0.4) is 0 Å². The topological polar surface area (TPSA) is 195 Å². The van der Waals surface area contributed by atoms with Gasteiger partial charge in [0.2, 0.25) is 0 Å². The summed E-state index contributed by atoms with van der Waals surface area (Å²) in [4.78, 5) is 40.2. The molecule has 0 radical (unpaired) electrons. The van der Waals surface area contributed by atoms with Crippen LogP contribution >= 0.6 is 11.3 Å². The molecule has 14 heteroatoms. The molecule has 0 bridgehead atoms. The molecule has 2 aromatic heterocycles. The number of amides is 3. The smallest absolute Gasteiger partial charge is 0.407 e. The first-order valence-electron chi connectivity index (χ1n) is 12.6. The number of thiophene rings is 1. The Morgan fingerprint density at radius 2 is 1.77 bits per heavy atom. The molecule has 2 aromatic carbocycles. The van der Waals surface area contributed by atoms with Gasteiger partial charge in [-0.25, -0.2) is 14.6 Å². The summed E-state index contributed by atoms with van der Waals surface area (Å²) < 4.78 is 10.8. The van der Waals surface area contributed by atoms with Crippen molar-refractivity contribution in [1.29, 1.82) is 5.26 Å². The quantitative estimate of drug-likeness (QED) is 0.126. The lowest BCUT2D eigenvalue weighted by molar-refractivity contribution is 0.0515. The van der Waals surface area contributed by atoms with E-state index in [2.05, 4.69) is 21.7 Å². The van der Waals surface area contributed by atoms with Gasteiger partial charge in [0.25, 0.3) is 5.91 Å². The van der Waals surface area contributed by atoms with Crippen molar-refractivity contribution in [1.82, 2.24) is 20.9 Å². The van der Waals surface area contributed by atoms with Gasteiger partial charge in [0.1, 0.15) is 17.4 Å². The summed E-state index contributed by atoms with van der Waals surface area (Å²) in [6, 6.07) is 21.4. The Labute approximate surface area is 249 Å². The molecule has 0 aliphatic carbocycles. The lowest BCUT2D eigenvalue weighted by Crippen LogP contribution is -2.55. The molecule has 2 heterocycles. The van der Waals surface area contributed by atoms with Gasteiger partial charge in [0, 0.05) is 24.8 Å². The number of methoxy groups -OCH3 is 1. The molecule has 6 N–H and O–H groups in total. The van der Waals surface area contributed by atoms with E-state index >= 15 is 0 Å². The molecule has 3 amide bonds. The van der Waals surface area contributed by atoms with E-state index in [1.54, 1.807) is 72.1 Å². The van der Waals surface area contributed by atoms with Crippen molar-refractivity contribution < 1.29 is 34.1 Å². The molecular weight excluding hydrogens is 576 g/mol. The van der Waals surface area contributed by atoms with E-state index in [-0.39, 0.29) is 24.7 Å². The maximum absolute atomic E-state index is 13.0. The minimum atomic E-state index is -1.42. The van der Waals surface area contributed by atoms with Gasteiger partial charge in [-0.3, -0.25) is 20.7 Å². The number of nitrogens with zero attached hydrogens (tertiary/aromatic N) is 2. The third-order valence-electron chi connectivity index (χ3n) is 5.89. The number of para-hydroxylation sites is 1. The lowest BCUT2D eigenvalue weighted by atomic mass is 9.96. The molecule has 0 fully saturated rings. The Balaban J connectivity index is 1.77. The summed E-state index contributed by atoms with van der Waals surface area (Å²) in [6.07, 6.45) is -4.12. The molecular formula is C29H26N6O7S. The predicted octanol–water partition coefficient (Wildman–Crippen LogP) is 4.49.